The summed E-state index contributed by atoms with van der Waals surface area (Å²) in [6.45, 7) is 32.5. The van der Waals surface area contributed by atoms with Gasteiger partial charge in [0.2, 0.25) is 0 Å². The van der Waals surface area contributed by atoms with Gasteiger partial charge < -0.3 is 4.74 Å². The number of hydrogen-bond acceptors (Lipinski definition) is 2. The molecule has 0 aliphatic heterocycles. The molecule has 0 bridgehead atoms. The Morgan fingerprint density at radius 3 is 1.28 bits per heavy atom. The van der Waals surface area contributed by atoms with Crippen molar-refractivity contribution in [3.63, 3.8) is 0 Å². The Kier molecular flexibility index (Phi) is 116. The average Bonchev–Trinajstić information content (AvgIpc) is 2.69. The van der Waals surface area contributed by atoms with Crippen LogP contribution in [0.25, 0.3) is 0 Å². The molecule has 0 radical (unpaired) electrons. The van der Waals surface area contributed by atoms with Crippen LogP contribution >= 0.6 is 0 Å². The monoisotopic (exact) mass is 360 g/mol. The fourth-order valence-electron chi connectivity index (χ4n) is 0.766. The van der Waals surface area contributed by atoms with Gasteiger partial charge in [0, 0.05) is 6.92 Å². The lowest BCUT2D eigenvalue weighted by atomic mass is 10.2. The molecule has 0 heterocycles. The highest BCUT2D eigenvalue weighted by molar-refractivity contribution is 5.68. The minimum Gasteiger partial charge on any atom is -0.427 e. The molecule has 0 saturated heterocycles. The third-order valence-corrected chi connectivity index (χ3v) is 1.46. The molecule has 0 atom stereocenters. The van der Waals surface area contributed by atoms with Crippen LogP contribution < -0.4 is 0 Å². The van der Waals surface area contributed by atoms with Crippen LogP contribution in [0.4, 0.5) is 0 Å². The number of carbonyl (C=O) groups excluding carboxylic acids is 1. The SMILES string of the molecule is C/C=C(C)\C(=C/CC)OC(C)=O.C=CC.CC.CC.CC.CC.CC. The fourth-order valence-corrected chi connectivity index (χ4v) is 0.766. The van der Waals surface area contributed by atoms with Crippen molar-refractivity contribution in [3.8, 4) is 0 Å². The zero-order valence-corrected chi connectivity index (χ0v) is 20.5. The van der Waals surface area contributed by atoms with E-state index in [1.165, 1.54) is 6.92 Å². The van der Waals surface area contributed by atoms with Gasteiger partial charge in [-0.15, -0.1) is 6.58 Å². The fraction of sp³-hybridized carbons (Fsp3) is 0.696. The third kappa shape index (κ3) is 71.1. The Labute approximate surface area is 162 Å². The topological polar surface area (TPSA) is 26.3 Å². The van der Waals surface area contributed by atoms with Crippen LogP contribution in [0.5, 0.6) is 0 Å². The summed E-state index contributed by atoms with van der Waals surface area (Å²) in [5.74, 6) is 0.406. The first-order valence-corrected chi connectivity index (χ1v) is 10.1. The summed E-state index contributed by atoms with van der Waals surface area (Å²) in [5.41, 5.74) is 0.993. The Bertz CT molecular complexity index is 249. The van der Waals surface area contributed by atoms with E-state index in [2.05, 4.69) is 6.58 Å². The predicted molar refractivity (Wildman–Crippen MR) is 122 cm³/mol. The van der Waals surface area contributed by atoms with Crippen LogP contribution in [0.3, 0.4) is 0 Å². The third-order valence-electron chi connectivity index (χ3n) is 1.46. The highest BCUT2D eigenvalue weighted by Crippen LogP contribution is 2.11. The molecule has 0 N–H and O–H groups in total. The van der Waals surface area contributed by atoms with E-state index in [-0.39, 0.29) is 5.97 Å². The summed E-state index contributed by atoms with van der Waals surface area (Å²) < 4.78 is 5.00. The van der Waals surface area contributed by atoms with Gasteiger partial charge in [0.1, 0.15) is 5.76 Å². The number of rotatable bonds is 3. The number of carbonyl (C=O) groups is 1. The molecular weight excluding hydrogens is 308 g/mol. The molecule has 25 heavy (non-hydrogen) atoms. The van der Waals surface area contributed by atoms with Crippen LogP contribution in [0.15, 0.2) is 36.1 Å². The van der Waals surface area contributed by atoms with Crippen molar-refractivity contribution in [2.45, 2.75) is 110 Å². The summed E-state index contributed by atoms with van der Waals surface area (Å²) in [6.07, 6.45) is 6.44. The zero-order valence-electron chi connectivity index (χ0n) is 20.5. The molecule has 0 aromatic rings. The lowest BCUT2D eigenvalue weighted by Crippen LogP contribution is -1.99. The van der Waals surface area contributed by atoms with Crippen molar-refractivity contribution in [3.05, 3.63) is 36.1 Å². The molecule has 0 rings (SSSR count). The maximum atomic E-state index is 10.7. The van der Waals surface area contributed by atoms with Gasteiger partial charge in [0.25, 0.3) is 0 Å². The lowest BCUT2D eigenvalue weighted by molar-refractivity contribution is -0.136. The molecule has 0 aliphatic rings. The number of hydrogen-bond donors (Lipinski definition) is 0. The summed E-state index contributed by atoms with van der Waals surface area (Å²) in [6, 6.07) is 0. The molecule has 2 nitrogen and oxygen atoms in total. The summed E-state index contributed by atoms with van der Waals surface area (Å²) in [7, 11) is 0. The van der Waals surface area contributed by atoms with Gasteiger partial charge >= 0.3 is 5.97 Å². The molecule has 0 spiro atoms. The van der Waals surface area contributed by atoms with Gasteiger partial charge in [0.15, 0.2) is 0 Å². The van der Waals surface area contributed by atoms with E-state index in [0.717, 1.165) is 12.0 Å². The molecule has 0 unspecified atom stereocenters. The van der Waals surface area contributed by atoms with E-state index in [0.29, 0.717) is 5.76 Å². The second kappa shape index (κ2) is 66.3. The van der Waals surface area contributed by atoms with E-state index in [1.54, 1.807) is 6.08 Å². The van der Waals surface area contributed by atoms with Crippen molar-refractivity contribution in [2.75, 3.05) is 0 Å². The van der Waals surface area contributed by atoms with Crippen LogP contribution in [-0.2, 0) is 9.53 Å². The van der Waals surface area contributed by atoms with Gasteiger partial charge in [0.05, 0.1) is 0 Å². The van der Waals surface area contributed by atoms with Crippen molar-refractivity contribution in [1.82, 2.24) is 0 Å². The molecule has 0 aliphatic carbocycles. The maximum absolute atomic E-state index is 10.7. The second-order valence-electron chi connectivity index (χ2n) is 2.95. The summed E-state index contributed by atoms with van der Waals surface area (Å²) >= 11 is 0. The van der Waals surface area contributed by atoms with Gasteiger partial charge in [-0.3, -0.25) is 4.79 Å². The second-order valence-corrected chi connectivity index (χ2v) is 2.95. The standard InChI is InChI=1S/C10H16O2.C3H6.5C2H6/c1-5-7-10(8(3)6-2)12-9(4)11;1-3-2;5*1-2/h6-7H,5H2,1-4H3;3H,1H2,2H3;5*1-2H3/b8-6-,10-7+;;;;;;. The van der Waals surface area contributed by atoms with E-state index in [9.17, 15) is 4.79 Å². The zero-order chi connectivity index (χ0) is 22.3. The Morgan fingerprint density at radius 2 is 1.12 bits per heavy atom. The Hall–Kier alpha value is -1.31. The van der Waals surface area contributed by atoms with Crippen molar-refractivity contribution in [2.24, 2.45) is 0 Å². The smallest absolute Gasteiger partial charge is 0.308 e. The summed E-state index contributed by atoms with van der Waals surface area (Å²) in [4.78, 5) is 10.7. The van der Waals surface area contributed by atoms with Crippen LogP contribution in [-0.4, -0.2) is 5.97 Å². The molecule has 0 aromatic heterocycles. The number of esters is 1. The molecule has 156 valence electrons. The first-order valence-electron chi connectivity index (χ1n) is 10.1. The highest BCUT2D eigenvalue weighted by Gasteiger charge is 2.02. The lowest BCUT2D eigenvalue weighted by Gasteiger charge is -2.06. The van der Waals surface area contributed by atoms with Crippen molar-refractivity contribution < 1.29 is 9.53 Å². The van der Waals surface area contributed by atoms with E-state index in [4.69, 9.17) is 4.74 Å². The maximum Gasteiger partial charge on any atom is 0.308 e. The van der Waals surface area contributed by atoms with Crippen LogP contribution in [0.1, 0.15) is 110 Å². The van der Waals surface area contributed by atoms with Crippen LogP contribution in [0.2, 0.25) is 0 Å². The Balaban J connectivity index is -0.0000000416. The van der Waals surface area contributed by atoms with Gasteiger partial charge in [-0.2, -0.15) is 0 Å². The predicted octanol–water partition coefficient (Wildman–Crippen LogP) is 9.13. The molecule has 0 saturated carbocycles. The minimum absolute atomic E-state index is 0.268. The normalized spacial score (nSPS) is 7.96. The van der Waals surface area contributed by atoms with Crippen molar-refractivity contribution >= 4 is 5.97 Å². The van der Waals surface area contributed by atoms with E-state index in [1.807, 2.05) is 109 Å². The van der Waals surface area contributed by atoms with Gasteiger partial charge in [-0.05, 0) is 38.8 Å². The molecule has 0 amide bonds. The minimum atomic E-state index is -0.268. The van der Waals surface area contributed by atoms with Crippen molar-refractivity contribution in [1.29, 1.82) is 0 Å². The Morgan fingerprint density at radius 1 is 0.840 bits per heavy atom. The number of ether oxygens (including phenoxy) is 1. The van der Waals surface area contributed by atoms with Gasteiger partial charge in [-0.1, -0.05) is 88.3 Å². The molecule has 0 aromatic carbocycles. The average molecular weight is 361 g/mol. The van der Waals surface area contributed by atoms with Crippen LogP contribution in [0, 0.1) is 0 Å². The first kappa shape index (κ1) is 43.8. The largest absolute Gasteiger partial charge is 0.427 e. The number of allylic oxidation sites excluding steroid dienone is 4. The highest BCUT2D eigenvalue weighted by atomic mass is 16.5. The molecule has 0 fully saturated rings. The molecule has 2 heteroatoms. The summed E-state index contributed by atoms with van der Waals surface area (Å²) in [5, 5.41) is 0. The van der Waals surface area contributed by atoms with E-state index >= 15 is 0 Å². The van der Waals surface area contributed by atoms with E-state index < -0.39 is 0 Å². The molecular formula is C23H52O2. The first-order chi connectivity index (χ1) is 12.0. The quantitative estimate of drug-likeness (QED) is 0.217. The van der Waals surface area contributed by atoms with Gasteiger partial charge in [-0.25, -0.2) is 0 Å².